The van der Waals surface area contributed by atoms with Crippen molar-refractivity contribution in [3.63, 3.8) is 0 Å². The molecule has 1 aromatic rings. The van der Waals surface area contributed by atoms with Crippen LogP contribution in [-0.2, 0) is 6.42 Å². The van der Waals surface area contributed by atoms with E-state index in [4.69, 9.17) is 9.47 Å². The third kappa shape index (κ3) is 2.13. The van der Waals surface area contributed by atoms with Gasteiger partial charge in [-0.15, -0.1) is 0 Å². The van der Waals surface area contributed by atoms with Crippen LogP contribution in [0.2, 0.25) is 0 Å². The van der Waals surface area contributed by atoms with Crippen LogP contribution in [0, 0.1) is 12.8 Å². The summed E-state index contributed by atoms with van der Waals surface area (Å²) in [6.07, 6.45) is 3.00. The number of aromatic nitrogens is 1. The highest BCUT2D eigenvalue weighted by molar-refractivity contribution is 5.49. The molecule has 3 nitrogen and oxygen atoms in total. The minimum absolute atomic E-state index is 0.113. The summed E-state index contributed by atoms with van der Waals surface area (Å²) in [4.78, 5) is 4.37. The van der Waals surface area contributed by atoms with Crippen molar-refractivity contribution in [3.05, 3.63) is 17.5 Å². The molecule has 1 unspecified atom stereocenters. The Balaban J connectivity index is 2.38. The highest BCUT2D eigenvalue weighted by atomic mass is 16.6. The van der Waals surface area contributed by atoms with Gasteiger partial charge in [-0.25, -0.2) is 0 Å². The zero-order valence-corrected chi connectivity index (χ0v) is 10.4. The lowest BCUT2D eigenvalue weighted by molar-refractivity contribution is 0.101. The van der Waals surface area contributed by atoms with E-state index in [0.29, 0.717) is 12.5 Å². The Kier molecular flexibility index (Phi) is 3.03. The van der Waals surface area contributed by atoms with E-state index in [2.05, 4.69) is 18.8 Å². The summed E-state index contributed by atoms with van der Waals surface area (Å²) in [5, 5.41) is 0. The van der Waals surface area contributed by atoms with E-state index in [-0.39, 0.29) is 6.10 Å². The van der Waals surface area contributed by atoms with Crippen LogP contribution in [0.3, 0.4) is 0 Å². The molecule has 0 amide bonds. The van der Waals surface area contributed by atoms with Crippen molar-refractivity contribution in [1.82, 2.24) is 4.98 Å². The molecular weight excluding hydrogens is 202 g/mol. The van der Waals surface area contributed by atoms with Crippen molar-refractivity contribution in [1.29, 1.82) is 0 Å². The Morgan fingerprint density at radius 1 is 1.44 bits per heavy atom. The maximum atomic E-state index is 5.80. The molecule has 0 radical (unpaired) electrons. The fourth-order valence-electron chi connectivity index (χ4n) is 1.92. The standard InChI is InChI=1S/C13H19NO2/c1-8(2)5-11-6-14-10(4)12-13(11)15-7-9(3)16-12/h6,8-9H,5,7H2,1-4H3. The number of nitrogens with zero attached hydrogens (tertiary/aromatic N) is 1. The van der Waals surface area contributed by atoms with E-state index < -0.39 is 0 Å². The molecule has 88 valence electrons. The fraction of sp³-hybridized carbons (Fsp3) is 0.615. The molecule has 3 heteroatoms. The van der Waals surface area contributed by atoms with Gasteiger partial charge >= 0.3 is 0 Å². The van der Waals surface area contributed by atoms with Crippen LogP contribution in [0.25, 0.3) is 0 Å². The first kappa shape index (κ1) is 11.2. The molecule has 1 aliphatic rings. The van der Waals surface area contributed by atoms with Gasteiger partial charge in [0.2, 0.25) is 0 Å². The monoisotopic (exact) mass is 221 g/mol. The number of aryl methyl sites for hydroxylation is 1. The van der Waals surface area contributed by atoms with Gasteiger partial charge in [0.05, 0.1) is 5.69 Å². The quantitative estimate of drug-likeness (QED) is 0.769. The van der Waals surface area contributed by atoms with Crippen LogP contribution in [0.1, 0.15) is 32.0 Å². The normalized spacial score (nSPS) is 18.9. The minimum Gasteiger partial charge on any atom is -0.485 e. The van der Waals surface area contributed by atoms with Crippen LogP contribution in [0.5, 0.6) is 11.5 Å². The molecule has 0 aromatic carbocycles. The smallest absolute Gasteiger partial charge is 0.183 e. The summed E-state index contributed by atoms with van der Waals surface area (Å²) < 4.78 is 11.6. The number of hydrogen-bond donors (Lipinski definition) is 0. The van der Waals surface area contributed by atoms with Crippen LogP contribution in [0.4, 0.5) is 0 Å². The number of hydrogen-bond acceptors (Lipinski definition) is 3. The molecule has 0 aliphatic carbocycles. The summed E-state index contributed by atoms with van der Waals surface area (Å²) in [5.74, 6) is 2.33. The molecule has 1 aromatic heterocycles. The molecular formula is C13H19NO2. The highest BCUT2D eigenvalue weighted by Gasteiger charge is 2.23. The maximum Gasteiger partial charge on any atom is 0.183 e. The lowest BCUT2D eigenvalue weighted by atomic mass is 10.0. The van der Waals surface area contributed by atoms with Crippen LogP contribution in [-0.4, -0.2) is 17.7 Å². The average Bonchev–Trinajstić information content (AvgIpc) is 2.22. The lowest BCUT2D eigenvalue weighted by Crippen LogP contribution is -2.27. The number of fused-ring (bicyclic) bond motifs is 1. The van der Waals surface area contributed by atoms with Crippen LogP contribution in [0.15, 0.2) is 6.20 Å². The van der Waals surface area contributed by atoms with Gasteiger partial charge < -0.3 is 9.47 Å². The molecule has 0 fully saturated rings. The SMILES string of the molecule is Cc1ncc(CC(C)C)c2c1OC(C)CO2. The molecule has 0 saturated carbocycles. The van der Waals surface area contributed by atoms with Crippen LogP contribution >= 0.6 is 0 Å². The Labute approximate surface area is 96.8 Å². The average molecular weight is 221 g/mol. The first-order valence-electron chi connectivity index (χ1n) is 5.86. The third-order valence-electron chi connectivity index (χ3n) is 2.65. The van der Waals surface area contributed by atoms with E-state index in [1.165, 1.54) is 0 Å². The topological polar surface area (TPSA) is 31.4 Å². The summed E-state index contributed by atoms with van der Waals surface area (Å²) in [7, 11) is 0. The van der Waals surface area contributed by atoms with Crippen molar-refractivity contribution >= 4 is 0 Å². The zero-order chi connectivity index (χ0) is 11.7. The van der Waals surface area contributed by atoms with Gasteiger partial charge in [0.1, 0.15) is 12.7 Å². The second-order valence-corrected chi connectivity index (χ2v) is 4.86. The van der Waals surface area contributed by atoms with E-state index in [1.807, 2.05) is 20.0 Å². The largest absolute Gasteiger partial charge is 0.485 e. The molecule has 2 heterocycles. The van der Waals surface area contributed by atoms with Gasteiger partial charge in [0.25, 0.3) is 0 Å². The molecule has 16 heavy (non-hydrogen) atoms. The molecule has 0 spiro atoms. The van der Waals surface area contributed by atoms with Gasteiger partial charge in [-0.3, -0.25) is 4.98 Å². The van der Waals surface area contributed by atoms with Gasteiger partial charge in [0.15, 0.2) is 11.5 Å². The Hall–Kier alpha value is -1.25. The number of ether oxygens (including phenoxy) is 2. The predicted molar refractivity (Wildman–Crippen MR) is 63.1 cm³/mol. The van der Waals surface area contributed by atoms with Gasteiger partial charge in [0, 0.05) is 11.8 Å². The molecule has 0 N–H and O–H groups in total. The zero-order valence-electron chi connectivity index (χ0n) is 10.4. The number of rotatable bonds is 2. The van der Waals surface area contributed by atoms with Gasteiger partial charge in [-0.05, 0) is 26.2 Å². The number of pyridine rings is 1. The predicted octanol–water partition coefficient (Wildman–Crippen LogP) is 2.75. The van der Waals surface area contributed by atoms with Gasteiger partial charge in [-0.1, -0.05) is 13.8 Å². The van der Waals surface area contributed by atoms with E-state index in [1.54, 1.807) is 0 Å². The summed E-state index contributed by atoms with van der Waals surface area (Å²) in [5.41, 5.74) is 2.07. The lowest BCUT2D eigenvalue weighted by Gasteiger charge is -2.27. The second-order valence-electron chi connectivity index (χ2n) is 4.86. The van der Waals surface area contributed by atoms with Crippen molar-refractivity contribution in [2.24, 2.45) is 5.92 Å². The van der Waals surface area contributed by atoms with Crippen molar-refractivity contribution in [3.8, 4) is 11.5 Å². The minimum atomic E-state index is 0.113. The summed E-state index contributed by atoms with van der Waals surface area (Å²) in [6, 6.07) is 0. The first-order valence-corrected chi connectivity index (χ1v) is 5.86. The van der Waals surface area contributed by atoms with Crippen molar-refractivity contribution in [2.75, 3.05) is 6.61 Å². The van der Waals surface area contributed by atoms with E-state index in [9.17, 15) is 0 Å². The van der Waals surface area contributed by atoms with Crippen LogP contribution < -0.4 is 9.47 Å². The third-order valence-corrected chi connectivity index (χ3v) is 2.65. The van der Waals surface area contributed by atoms with Crippen molar-refractivity contribution < 1.29 is 9.47 Å². The molecule has 2 rings (SSSR count). The summed E-state index contributed by atoms with van der Waals surface area (Å²) >= 11 is 0. The summed E-state index contributed by atoms with van der Waals surface area (Å²) in [6.45, 7) is 8.98. The second kappa shape index (κ2) is 4.32. The molecule has 1 aliphatic heterocycles. The maximum absolute atomic E-state index is 5.80. The van der Waals surface area contributed by atoms with E-state index in [0.717, 1.165) is 29.2 Å². The molecule has 0 saturated heterocycles. The van der Waals surface area contributed by atoms with E-state index >= 15 is 0 Å². The Morgan fingerprint density at radius 2 is 2.19 bits per heavy atom. The molecule has 1 atom stereocenters. The fourth-order valence-corrected chi connectivity index (χ4v) is 1.92. The highest BCUT2D eigenvalue weighted by Crippen LogP contribution is 2.37. The Morgan fingerprint density at radius 3 is 2.88 bits per heavy atom. The first-order chi connectivity index (χ1) is 7.58. The van der Waals surface area contributed by atoms with Gasteiger partial charge in [-0.2, -0.15) is 0 Å². The Bertz CT molecular complexity index is 388. The molecule has 0 bridgehead atoms. The van der Waals surface area contributed by atoms with Crippen molar-refractivity contribution in [2.45, 2.75) is 40.2 Å².